The Hall–Kier alpha value is 0.210. The van der Waals surface area contributed by atoms with Gasteiger partial charge in [0.2, 0.25) is 0 Å². The van der Waals surface area contributed by atoms with Crippen LogP contribution in [0.25, 0.3) is 0 Å². The van der Waals surface area contributed by atoms with Crippen LogP contribution >= 0.6 is 12.4 Å². The largest absolute Gasteiger partial charge is 0.396 e. The van der Waals surface area contributed by atoms with Crippen LogP contribution in [0, 0.1) is 0 Å². The Kier molecular flexibility index (Phi) is 10.9. The molecule has 2 nitrogen and oxygen atoms in total. The number of hydrogen-bond acceptors (Lipinski definition) is 2. The van der Waals surface area contributed by atoms with Gasteiger partial charge in [0, 0.05) is 12.6 Å². The van der Waals surface area contributed by atoms with Crippen LogP contribution in [0.1, 0.15) is 26.2 Å². The van der Waals surface area contributed by atoms with E-state index in [-0.39, 0.29) is 25.1 Å². The number of hydrogen-bond donors (Lipinski definition) is 2. The molecule has 0 aliphatic heterocycles. The molecule has 0 amide bonds. The van der Waals surface area contributed by atoms with Gasteiger partial charge in [0.1, 0.15) is 0 Å². The lowest BCUT2D eigenvalue weighted by atomic mass is 10.1. The van der Waals surface area contributed by atoms with E-state index < -0.39 is 0 Å². The molecule has 0 aliphatic rings. The molecule has 3 heteroatoms. The Morgan fingerprint density at radius 3 is 2.33 bits per heavy atom. The highest BCUT2D eigenvalue weighted by Gasteiger charge is 1.96. The van der Waals surface area contributed by atoms with E-state index in [0.29, 0.717) is 0 Å². The van der Waals surface area contributed by atoms with E-state index in [1.165, 1.54) is 0 Å². The summed E-state index contributed by atoms with van der Waals surface area (Å²) >= 11 is 0. The van der Waals surface area contributed by atoms with E-state index in [2.05, 4.69) is 6.92 Å². The molecule has 0 saturated heterocycles. The van der Waals surface area contributed by atoms with Gasteiger partial charge >= 0.3 is 0 Å². The van der Waals surface area contributed by atoms with E-state index in [1.54, 1.807) is 0 Å². The highest BCUT2D eigenvalue weighted by atomic mass is 35.5. The third-order valence-corrected chi connectivity index (χ3v) is 1.16. The van der Waals surface area contributed by atoms with Crippen LogP contribution < -0.4 is 5.73 Å². The number of aliphatic hydroxyl groups is 1. The summed E-state index contributed by atoms with van der Waals surface area (Å²) in [6, 6.07) is 0.213. The van der Waals surface area contributed by atoms with Gasteiger partial charge in [-0.05, 0) is 12.8 Å². The molecule has 0 aromatic carbocycles. The minimum atomic E-state index is 0. The summed E-state index contributed by atoms with van der Waals surface area (Å²) in [5.41, 5.74) is 5.53. The van der Waals surface area contributed by atoms with Gasteiger partial charge in [-0.3, -0.25) is 0 Å². The van der Waals surface area contributed by atoms with Crippen molar-refractivity contribution >= 4 is 12.4 Å². The average Bonchev–Trinajstić information content (AvgIpc) is 1.68. The first-order chi connectivity index (χ1) is 3.81. The summed E-state index contributed by atoms with van der Waals surface area (Å²) in [5, 5.41) is 8.38. The molecule has 0 heterocycles. The number of rotatable bonds is 4. The molecule has 0 aromatic heterocycles. The second-order valence-corrected chi connectivity index (χ2v) is 2.06. The van der Waals surface area contributed by atoms with Crippen molar-refractivity contribution in [2.75, 3.05) is 6.61 Å². The zero-order valence-electron chi connectivity index (χ0n) is 5.84. The minimum absolute atomic E-state index is 0. The fraction of sp³-hybridized carbons (Fsp3) is 1.00. The summed E-state index contributed by atoms with van der Waals surface area (Å²) in [5.74, 6) is 0. The van der Waals surface area contributed by atoms with Crippen molar-refractivity contribution in [3.05, 3.63) is 0 Å². The maximum atomic E-state index is 8.38. The smallest absolute Gasteiger partial charge is 0.0445 e. The molecule has 0 unspecified atom stereocenters. The van der Waals surface area contributed by atoms with Crippen LogP contribution in [0.15, 0.2) is 0 Å². The molecule has 0 aromatic rings. The van der Waals surface area contributed by atoms with Crippen molar-refractivity contribution < 1.29 is 5.11 Å². The average molecular weight is 154 g/mol. The lowest BCUT2D eigenvalue weighted by Gasteiger charge is -2.05. The quantitative estimate of drug-likeness (QED) is 0.631. The summed E-state index contributed by atoms with van der Waals surface area (Å²) in [4.78, 5) is 0. The molecular formula is C6H16ClNO. The van der Waals surface area contributed by atoms with Crippen molar-refractivity contribution in [2.45, 2.75) is 32.2 Å². The zero-order chi connectivity index (χ0) is 6.41. The number of halogens is 1. The molecule has 0 spiro atoms. The molecule has 0 rings (SSSR count). The molecule has 0 radical (unpaired) electrons. The first-order valence-corrected chi connectivity index (χ1v) is 3.17. The summed E-state index contributed by atoms with van der Waals surface area (Å²) in [6.07, 6.45) is 2.88. The van der Waals surface area contributed by atoms with Crippen molar-refractivity contribution in [3.8, 4) is 0 Å². The second kappa shape index (κ2) is 8.21. The van der Waals surface area contributed by atoms with E-state index in [4.69, 9.17) is 10.8 Å². The first kappa shape index (κ1) is 11.9. The molecule has 0 fully saturated rings. The van der Waals surface area contributed by atoms with Crippen molar-refractivity contribution in [1.82, 2.24) is 0 Å². The zero-order valence-corrected chi connectivity index (χ0v) is 6.66. The molecule has 0 aliphatic carbocycles. The Morgan fingerprint density at radius 1 is 1.44 bits per heavy atom. The molecule has 58 valence electrons. The molecule has 0 saturated carbocycles. The van der Waals surface area contributed by atoms with Gasteiger partial charge < -0.3 is 10.8 Å². The Bertz CT molecular complexity index is 46.3. The summed E-state index contributed by atoms with van der Waals surface area (Å²) in [6.45, 7) is 2.32. The summed E-state index contributed by atoms with van der Waals surface area (Å²) in [7, 11) is 0. The minimum Gasteiger partial charge on any atom is -0.396 e. The van der Waals surface area contributed by atoms with Gasteiger partial charge in [-0.15, -0.1) is 12.4 Å². The van der Waals surface area contributed by atoms with Gasteiger partial charge in [-0.1, -0.05) is 13.3 Å². The summed E-state index contributed by atoms with van der Waals surface area (Å²) < 4.78 is 0. The van der Waals surface area contributed by atoms with E-state index in [9.17, 15) is 0 Å². The predicted molar refractivity (Wildman–Crippen MR) is 41.8 cm³/mol. The van der Waals surface area contributed by atoms with Gasteiger partial charge in [0.25, 0.3) is 0 Å². The highest BCUT2D eigenvalue weighted by molar-refractivity contribution is 5.85. The van der Waals surface area contributed by atoms with Crippen LogP contribution in [0.2, 0.25) is 0 Å². The fourth-order valence-corrected chi connectivity index (χ4v) is 0.681. The van der Waals surface area contributed by atoms with Crippen LogP contribution in [-0.4, -0.2) is 17.8 Å². The van der Waals surface area contributed by atoms with Crippen molar-refractivity contribution in [3.63, 3.8) is 0 Å². The lowest BCUT2D eigenvalue weighted by Crippen LogP contribution is -2.20. The third-order valence-electron chi connectivity index (χ3n) is 1.16. The van der Waals surface area contributed by atoms with Crippen molar-refractivity contribution in [2.24, 2.45) is 5.73 Å². The van der Waals surface area contributed by atoms with Gasteiger partial charge in [-0.2, -0.15) is 0 Å². The van der Waals surface area contributed by atoms with Crippen LogP contribution in [-0.2, 0) is 0 Å². The van der Waals surface area contributed by atoms with Gasteiger partial charge in [0.05, 0.1) is 0 Å². The Morgan fingerprint density at radius 2 is 2.00 bits per heavy atom. The number of aliphatic hydroxyl groups excluding tert-OH is 1. The third kappa shape index (κ3) is 8.21. The first-order valence-electron chi connectivity index (χ1n) is 3.17. The van der Waals surface area contributed by atoms with E-state index in [1.807, 2.05) is 0 Å². The SMILES string of the molecule is CCC[C@@H](N)CCO.Cl. The molecule has 3 N–H and O–H groups in total. The molecule has 0 bridgehead atoms. The topological polar surface area (TPSA) is 46.2 Å². The van der Waals surface area contributed by atoms with Gasteiger partial charge in [0.15, 0.2) is 0 Å². The maximum absolute atomic E-state index is 8.38. The van der Waals surface area contributed by atoms with E-state index in [0.717, 1.165) is 19.3 Å². The Balaban J connectivity index is 0. The van der Waals surface area contributed by atoms with Crippen LogP contribution in [0.3, 0.4) is 0 Å². The molecule has 1 atom stereocenters. The van der Waals surface area contributed by atoms with Crippen molar-refractivity contribution in [1.29, 1.82) is 0 Å². The van der Waals surface area contributed by atoms with Gasteiger partial charge in [-0.25, -0.2) is 0 Å². The standard InChI is InChI=1S/C6H15NO.ClH/c1-2-3-6(7)4-5-8;/h6,8H,2-5,7H2,1H3;1H/t6-;/m1./s1. The fourth-order valence-electron chi connectivity index (χ4n) is 0.681. The molecular weight excluding hydrogens is 138 g/mol. The monoisotopic (exact) mass is 153 g/mol. The number of nitrogens with two attached hydrogens (primary N) is 1. The Labute approximate surface area is 62.9 Å². The predicted octanol–water partition coefficient (Wildman–Crippen LogP) is 0.918. The normalized spacial score (nSPS) is 12.3. The van der Waals surface area contributed by atoms with Crippen LogP contribution in [0.4, 0.5) is 0 Å². The van der Waals surface area contributed by atoms with E-state index >= 15 is 0 Å². The highest BCUT2D eigenvalue weighted by Crippen LogP contribution is 1.95. The second-order valence-electron chi connectivity index (χ2n) is 2.06. The van der Waals surface area contributed by atoms with Crippen LogP contribution in [0.5, 0.6) is 0 Å². The maximum Gasteiger partial charge on any atom is 0.0445 e. The molecule has 9 heavy (non-hydrogen) atoms. The lowest BCUT2D eigenvalue weighted by molar-refractivity contribution is 0.273.